The molecule has 0 aliphatic carbocycles. The molecule has 12 rings (SSSR count). The van der Waals surface area contributed by atoms with Crippen LogP contribution in [0.4, 0.5) is 64.7 Å². The molecule has 518 valence electrons. The predicted molar refractivity (Wildman–Crippen MR) is 402 cm³/mol. The molecule has 0 atom stereocenters. The molecule has 0 aliphatic rings. The maximum atomic E-state index is 13.5. The molecule has 0 unspecified atom stereocenters. The molecule has 0 aromatic heterocycles. The minimum atomic E-state index is -0.724. The van der Waals surface area contributed by atoms with E-state index in [1.54, 1.807) is 170 Å². The zero-order chi connectivity index (χ0) is 73.4. The van der Waals surface area contributed by atoms with Gasteiger partial charge in [-0.15, -0.1) is 0 Å². The normalized spacial score (nSPS) is 11.1. The van der Waals surface area contributed by atoms with E-state index in [0.717, 1.165) is 66.8 Å². The highest BCUT2D eigenvalue weighted by molar-refractivity contribution is 5.88. The van der Waals surface area contributed by atoms with Gasteiger partial charge in [-0.05, 0) is 238 Å². The van der Waals surface area contributed by atoms with Crippen molar-refractivity contribution in [3.8, 4) is 23.0 Å². The van der Waals surface area contributed by atoms with Crippen molar-refractivity contribution in [1.29, 1.82) is 0 Å². The predicted octanol–water partition coefficient (Wildman–Crippen LogP) is 19.3. The molecule has 0 saturated heterocycles. The number of carbonyl (C=O) groups is 4. The van der Waals surface area contributed by atoms with E-state index in [-0.39, 0.29) is 23.0 Å². The summed E-state index contributed by atoms with van der Waals surface area (Å²) in [5, 5.41) is 11.2. The lowest BCUT2D eigenvalue weighted by Crippen LogP contribution is -2.18. The Kier molecular flexibility index (Phi) is 23.5. The molecule has 106 heavy (non-hydrogen) atoms. The summed E-state index contributed by atoms with van der Waals surface area (Å²) >= 11 is 0. The summed E-state index contributed by atoms with van der Waals surface area (Å²) in [5.41, 5.74) is 15.1. The summed E-state index contributed by atoms with van der Waals surface area (Å²) < 4.78 is 23.4. The third kappa shape index (κ3) is 20.2. The standard InChI is InChI=1S/C86H62N8O12/c95-53-87-69-25-1-57(2-26-69)49-61-9-33-73(34-10-61)91-83(99)103-77-41-17-65(18-42-77)81(66-19-43-78(44-20-66)104-84(100)92-74-35-11-62(12-36-74)50-58-3-27-70(28-4-58)88-54-96)82(67-21-45-79(46-22-67)105-85(101)93-75-37-13-63(14-38-75)51-59-5-29-71(30-6-59)89-55-97)68-23-47-80(48-24-68)106-86(102)94-76-39-15-64(16-40-76)52-60-7-31-72(32-8-60)90-56-98/h1-48,81-82H,49-52H2,(H,91,99)(H,92,100)(H,93,101)(H,94,102). The van der Waals surface area contributed by atoms with Crippen molar-refractivity contribution in [3.63, 3.8) is 0 Å². The first-order valence-electron chi connectivity index (χ1n) is 33.2. The first kappa shape index (κ1) is 71.1. The number of hydrogen-bond acceptors (Lipinski definition) is 16. The van der Waals surface area contributed by atoms with E-state index in [1.807, 2.05) is 146 Å². The van der Waals surface area contributed by atoms with E-state index in [9.17, 15) is 38.4 Å². The average Bonchev–Trinajstić information content (AvgIpc) is 0.776. The van der Waals surface area contributed by atoms with Gasteiger partial charge in [0.2, 0.25) is 24.3 Å². The second-order valence-corrected chi connectivity index (χ2v) is 24.3. The van der Waals surface area contributed by atoms with E-state index < -0.39 is 36.2 Å². The van der Waals surface area contributed by atoms with Gasteiger partial charge in [-0.2, -0.15) is 20.0 Å². The van der Waals surface area contributed by atoms with Gasteiger partial charge in [-0.25, -0.2) is 38.4 Å². The van der Waals surface area contributed by atoms with E-state index in [1.165, 1.54) is 0 Å². The third-order valence-corrected chi connectivity index (χ3v) is 17.0. The summed E-state index contributed by atoms with van der Waals surface area (Å²) in [6.45, 7) is 0. The number of nitrogens with one attached hydrogen (secondary N) is 4. The Hall–Kier alpha value is -14.8. The van der Waals surface area contributed by atoms with Gasteiger partial charge in [-0.3, -0.25) is 21.3 Å². The van der Waals surface area contributed by atoms with Crippen LogP contribution in [0.3, 0.4) is 0 Å². The molecule has 12 aromatic carbocycles. The number of aliphatic imine (C=N–C) groups is 4. The minimum Gasteiger partial charge on any atom is -0.410 e. The summed E-state index contributed by atoms with van der Waals surface area (Å²) in [4.78, 5) is 111. The number of ether oxygens (including phenoxy) is 4. The Balaban J connectivity index is 0.797. The van der Waals surface area contributed by atoms with Gasteiger partial charge in [-0.1, -0.05) is 146 Å². The van der Waals surface area contributed by atoms with Crippen molar-refractivity contribution in [2.45, 2.75) is 37.5 Å². The van der Waals surface area contributed by atoms with Crippen molar-refractivity contribution in [2.75, 3.05) is 21.3 Å². The smallest absolute Gasteiger partial charge is 0.410 e. The van der Waals surface area contributed by atoms with E-state index in [4.69, 9.17) is 18.9 Å². The molecule has 12 aromatic rings. The molecule has 0 spiro atoms. The lowest BCUT2D eigenvalue weighted by Gasteiger charge is -2.30. The Morgan fingerprint density at radius 3 is 0.557 bits per heavy atom. The number of benzene rings is 12. The Bertz CT molecular complexity index is 4590. The number of carbonyl (C=O) groups excluding carboxylic acids is 8. The van der Waals surface area contributed by atoms with E-state index >= 15 is 0 Å². The fraction of sp³-hybridized carbons (Fsp3) is 0.0698. The van der Waals surface area contributed by atoms with Gasteiger partial charge in [0, 0.05) is 34.6 Å². The SMILES string of the molecule is O=C=Nc1ccc(Cc2ccc(NC(=O)Oc3ccc(C(c4ccc(OC(=O)Nc5ccc(Cc6ccc(N=C=O)cc6)cc5)cc4)C(c4ccc(OC(=O)Nc5ccc(Cc6ccc(N=C=O)cc6)cc5)cc4)c4ccc(OC(=O)Nc5ccc(Cc6ccc(N=C=O)cc6)cc5)cc4)cc3)cc2)cc1. The first-order valence-corrected chi connectivity index (χ1v) is 33.2. The first-order chi connectivity index (χ1) is 51.8. The molecular formula is C86H62N8O12. The van der Waals surface area contributed by atoms with Crippen molar-refractivity contribution in [1.82, 2.24) is 0 Å². The lowest BCUT2D eigenvalue weighted by atomic mass is 9.73. The number of rotatable bonds is 25. The Morgan fingerprint density at radius 2 is 0.396 bits per heavy atom. The van der Waals surface area contributed by atoms with Gasteiger partial charge in [0.15, 0.2) is 0 Å². The summed E-state index contributed by atoms with van der Waals surface area (Å²) in [6, 6.07) is 86.7. The molecule has 0 aliphatic heterocycles. The van der Waals surface area contributed by atoms with Crippen LogP contribution in [0.25, 0.3) is 0 Å². The lowest BCUT2D eigenvalue weighted by molar-refractivity contribution is 0.214. The average molecular weight is 1400 g/mol. The van der Waals surface area contributed by atoms with E-state index in [0.29, 0.717) is 71.2 Å². The van der Waals surface area contributed by atoms with E-state index in [2.05, 4.69) is 41.2 Å². The Morgan fingerprint density at radius 1 is 0.236 bits per heavy atom. The van der Waals surface area contributed by atoms with Crippen LogP contribution in [0.2, 0.25) is 0 Å². The third-order valence-electron chi connectivity index (χ3n) is 17.0. The van der Waals surface area contributed by atoms with Crippen molar-refractivity contribution in [2.24, 2.45) is 20.0 Å². The van der Waals surface area contributed by atoms with Crippen LogP contribution in [0.5, 0.6) is 23.0 Å². The van der Waals surface area contributed by atoms with Crippen molar-refractivity contribution in [3.05, 3.63) is 358 Å². The molecule has 0 bridgehead atoms. The molecule has 4 N–H and O–H groups in total. The van der Waals surface area contributed by atoms with Crippen molar-refractivity contribution >= 4 is 94.2 Å². The van der Waals surface area contributed by atoms with Crippen LogP contribution in [0.15, 0.2) is 311 Å². The number of anilines is 4. The molecule has 0 fully saturated rings. The molecular weight excluding hydrogens is 1340 g/mol. The maximum Gasteiger partial charge on any atom is 0.417 e. The number of hydrogen-bond donors (Lipinski definition) is 4. The maximum absolute atomic E-state index is 13.5. The number of isocyanates is 4. The molecule has 0 heterocycles. The molecule has 20 heteroatoms. The number of nitrogens with zero attached hydrogens (tertiary/aromatic N) is 4. The van der Waals surface area contributed by atoms with Crippen LogP contribution < -0.4 is 40.2 Å². The van der Waals surface area contributed by atoms with Gasteiger partial charge >= 0.3 is 24.4 Å². The van der Waals surface area contributed by atoms with Gasteiger partial charge in [0.25, 0.3) is 0 Å². The fourth-order valence-corrected chi connectivity index (χ4v) is 11.9. The summed E-state index contributed by atoms with van der Waals surface area (Å²) in [6.07, 6.45) is 5.70. The van der Waals surface area contributed by atoms with Crippen LogP contribution >= 0.6 is 0 Å². The zero-order valence-corrected chi connectivity index (χ0v) is 56.4. The molecule has 4 amide bonds. The van der Waals surface area contributed by atoms with Gasteiger partial charge in [0.05, 0.1) is 22.7 Å². The monoisotopic (exact) mass is 1400 g/mol. The molecule has 0 saturated carbocycles. The highest BCUT2D eigenvalue weighted by Gasteiger charge is 2.30. The number of amides is 4. The highest BCUT2D eigenvalue weighted by Crippen LogP contribution is 2.45. The van der Waals surface area contributed by atoms with Crippen molar-refractivity contribution < 1.29 is 57.3 Å². The quantitative estimate of drug-likeness (QED) is 0.0307. The summed E-state index contributed by atoms with van der Waals surface area (Å²) in [7, 11) is 0. The second-order valence-electron chi connectivity index (χ2n) is 24.3. The molecule has 20 nitrogen and oxygen atoms in total. The van der Waals surface area contributed by atoms with Crippen LogP contribution in [-0.4, -0.2) is 48.7 Å². The topological polar surface area (TPSA) is 271 Å². The second kappa shape index (κ2) is 35.0. The fourth-order valence-electron chi connectivity index (χ4n) is 11.9. The zero-order valence-electron chi connectivity index (χ0n) is 56.4. The van der Waals surface area contributed by atoms with Gasteiger partial charge < -0.3 is 18.9 Å². The van der Waals surface area contributed by atoms with Crippen LogP contribution in [-0.2, 0) is 44.9 Å². The van der Waals surface area contributed by atoms with Crippen LogP contribution in [0.1, 0.15) is 78.6 Å². The minimum absolute atomic E-state index is 0.243. The van der Waals surface area contributed by atoms with Crippen LogP contribution in [0, 0.1) is 0 Å². The highest BCUT2D eigenvalue weighted by atomic mass is 16.6. The summed E-state index contributed by atoms with van der Waals surface area (Å²) in [5.74, 6) is -0.145. The van der Waals surface area contributed by atoms with Gasteiger partial charge in [0.1, 0.15) is 23.0 Å². The molecule has 0 radical (unpaired) electrons. The Labute approximate surface area is 608 Å². The largest absolute Gasteiger partial charge is 0.417 e.